The Balaban J connectivity index is 2.08. The summed E-state index contributed by atoms with van der Waals surface area (Å²) in [6, 6.07) is 6.78. The van der Waals surface area contributed by atoms with Crippen molar-refractivity contribution in [3.8, 4) is 0 Å². The maximum Gasteiger partial charge on any atom is 0.134 e. The molecule has 3 nitrogen and oxygen atoms in total. The molecule has 5 heteroatoms. The molecule has 1 heterocycles. The van der Waals surface area contributed by atoms with Gasteiger partial charge in [-0.1, -0.05) is 30.4 Å². The van der Waals surface area contributed by atoms with E-state index in [2.05, 4.69) is 22.4 Å². The van der Waals surface area contributed by atoms with Crippen LogP contribution in [0, 0.1) is 5.82 Å². The van der Waals surface area contributed by atoms with Crippen LogP contribution in [0.2, 0.25) is 0 Å². The van der Waals surface area contributed by atoms with Crippen molar-refractivity contribution >= 4 is 11.3 Å². The number of benzene rings is 1. The molecule has 0 saturated carbocycles. The molecule has 1 aromatic carbocycles. The van der Waals surface area contributed by atoms with Gasteiger partial charge in [-0.2, -0.15) is 0 Å². The second kappa shape index (κ2) is 6.02. The monoisotopic (exact) mass is 265 g/mol. The Labute approximate surface area is 110 Å². The molecule has 0 amide bonds. The summed E-state index contributed by atoms with van der Waals surface area (Å²) in [5.41, 5.74) is 1.05. The highest BCUT2D eigenvalue weighted by atomic mass is 32.1. The molecule has 1 aromatic heterocycles. The third-order valence-corrected chi connectivity index (χ3v) is 3.84. The van der Waals surface area contributed by atoms with Crippen molar-refractivity contribution in [2.45, 2.75) is 25.8 Å². The molecule has 0 saturated heterocycles. The van der Waals surface area contributed by atoms with E-state index < -0.39 is 0 Å². The van der Waals surface area contributed by atoms with E-state index in [1.165, 1.54) is 12.1 Å². The highest BCUT2D eigenvalue weighted by molar-refractivity contribution is 7.11. The minimum atomic E-state index is -0.210. The summed E-state index contributed by atoms with van der Waals surface area (Å²) in [6.07, 6.45) is 1.69. The molecule has 1 unspecified atom stereocenters. The molecular formula is C13H16FN3S. The van der Waals surface area contributed by atoms with Gasteiger partial charge in [0.25, 0.3) is 0 Å². The normalized spacial score (nSPS) is 12.6. The van der Waals surface area contributed by atoms with Gasteiger partial charge < -0.3 is 5.32 Å². The lowest BCUT2D eigenvalue weighted by atomic mass is 10.2. The smallest absolute Gasteiger partial charge is 0.134 e. The molecule has 96 valence electrons. The maximum atomic E-state index is 12.8. The summed E-state index contributed by atoms with van der Waals surface area (Å²) in [6.45, 7) is 2.11. The van der Waals surface area contributed by atoms with Gasteiger partial charge >= 0.3 is 0 Å². The Bertz CT molecular complexity index is 491. The van der Waals surface area contributed by atoms with Gasteiger partial charge in [0.15, 0.2) is 0 Å². The van der Waals surface area contributed by atoms with Gasteiger partial charge in [0, 0.05) is 6.42 Å². The summed E-state index contributed by atoms with van der Waals surface area (Å²) in [7, 11) is 1.93. The number of rotatable bonds is 5. The number of nitrogens with zero attached hydrogens (tertiary/aromatic N) is 2. The SMILES string of the molecule is CCC(NC)c1nnc(Cc2ccc(F)cc2)s1. The highest BCUT2D eigenvalue weighted by Gasteiger charge is 2.13. The molecule has 2 rings (SSSR count). The number of nitrogens with one attached hydrogen (secondary N) is 1. The molecule has 18 heavy (non-hydrogen) atoms. The van der Waals surface area contributed by atoms with Crippen LogP contribution in [0.5, 0.6) is 0 Å². The summed E-state index contributed by atoms with van der Waals surface area (Å²) < 4.78 is 12.8. The van der Waals surface area contributed by atoms with Crippen LogP contribution in [-0.2, 0) is 6.42 Å². The maximum absolute atomic E-state index is 12.8. The molecular weight excluding hydrogens is 249 g/mol. The van der Waals surface area contributed by atoms with E-state index in [4.69, 9.17) is 0 Å². The Morgan fingerprint density at radius 1 is 1.28 bits per heavy atom. The second-order valence-electron chi connectivity index (χ2n) is 4.09. The minimum absolute atomic E-state index is 0.210. The molecule has 0 fully saturated rings. The van der Waals surface area contributed by atoms with Crippen molar-refractivity contribution in [1.82, 2.24) is 15.5 Å². The predicted octanol–water partition coefficient (Wildman–Crippen LogP) is 2.94. The van der Waals surface area contributed by atoms with Gasteiger partial charge in [-0.05, 0) is 31.2 Å². The van der Waals surface area contributed by atoms with Gasteiger partial charge in [0.05, 0.1) is 6.04 Å². The molecule has 0 aliphatic heterocycles. The number of halogens is 1. The molecule has 1 atom stereocenters. The van der Waals surface area contributed by atoms with Gasteiger partial charge in [0.2, 0.25) is 0 Å². The Morgan fingerprint density at radius 2 is 2.00 bits per heavy atom. The van der Waals surface area contributed by atoms with E-state index in [0.717, 1.165) is 22.0 Å². The Kier molecular flexibility index (Phi) is 4.38. The molecule has 0 aliphatic carbocycles. The first-order valence-corrected chi connectivity index (χ1v) is 6.78. The number of hydrogen-bond donors (Lipinski definition) is 1. The summed E-state index contributed by atoms with van der Waals surface area (Å²) in [5, 5.41) is 13.6. The summed E-state index contributed by atoms with van der Waals surface area (Å²) >= 11 is 1.61. The molecule has 0 radical (unpaired) electrons. The van der Waals surface area contributed by atoms with Crippen LogP contribution in [0.1, 0.15) is 35.0 Å². The van der Waals surface area contributed by atoms with Crippen LogP contribution >= 0.6 is 11.3 Å². The zero-order chi connectivity index (χ0) is 13.0. The third kappa shape index (κ3) is 3.11. The van der Waals surface area contributed by atoms with Crippen LogP contribution in [0.4, 0.5) is 4.39 Å². The zero-order valence-electron chi connectivity index (χ0n) is 10.5. The second-order valence-corrected chi connectivity index (χ2v) is 5.18. The number of hydrogen-bond acceptors (Lipinski definition) is 4. The lowest BCUT2D eigenvalue weighted by Gasteiger charge is -2.07. The van der Waals surface area contributed by atoms with Crippen LogP contribution in [0.25, 0.3) is 0 Å². The molecule has 2 aromatic rings. The first-order valence-electron chi connectivity index (χ1n) is 5.97. The average Bonchev–Trinajstić information content (AvgIpc) is 2.82. The van der Waals surface area contributed by atoms with E-state index in [1.807, 2.05) is 7.05 Å². The van der Waals surface area contributed by atoms with Crippen LogP contribution in [-0.4, -0.2) is 17.2 Å². The van der Waals surface area contributed by atoms with Crippen molar-refractivity contribution in [1.29, 1.82) is 0 Å². The lowest BCUT2D eigenvalue weighted by molar-refractivity contribution is 0.568. The van der Waals surface area contributed by atoms with Crippen LogP contribution in [0.15, 0.2) is 24.3 Å². The third-order valence-electron chi connectivity index (χ3n) is 2.81. The van der Waals surface area contributed by atoms with Crippen LogP contribution < -0.4 is 5.32 Å². The first kappa shape index (κ1) is 13.1. The Morgan fingerprint density at radius 3 is 2.61 bits per heavy atom. The topological polar surface area (TPSA) is 37.8 Å². The van der Waals surface area contributed by atoms with Crippen molar-refractivity contribution in [2.24, 2.45) is 0 Å². The lowest BCUT2D eigenvalue weighted by Crippen LogP contribution is -2.14. The van der Waals surface area contributed by atoms with E-state index in [0.29, 0.717) is 6.42 Å². The Hall–Kier alpha value is -1.33. The minimum Gasteiger partial charge on any atom is -0.311 e. The van der Waals surface area contributed by atoms with Gasteiger partial charge in [0.1, 0.15) is 15.8 Å². The highest BCUT2D eigenvalue weighted by Crippen LogP contribution is 2.22. The fraction of sp³-hybridized carbons (Fsp3) is 0.385. The van der Waals surface area contributed by atoms with E-state index in [9.17, 15) is 4.39 Å². The van der Waals surface area contributed by atoms with Crippen molar-refractivity contribution in [2.75, 3.05) is 7.05 Å². The van der Waals surface area contributed by atoms with Crippen LogP contribution in [0.3, 0.4) is 0 Å². The first-order chi connectivity index (χ1) is 8.72. The molecule has 0 spiro atoms. The standard InChI is InChI=1S/C13H16FN3S/c1-3-11(15-2)13-17-16-12(18-13)8-9-4-6-10(14)7-5-9/h4-7,11,15H,3,8H2,1-2H3. The fourth-order valence-corrected chi connectivity index (χ4v) is 2.83. The largest absolute Gasteiger partial charge is 0.311 e. The molecule has 1 N–H and O–H groups in total. The van der Waals surface area contributed by atoms with E-state index in [-0.39, 0.29) is 11.9 Å². The van der Waals surface area contributed by atoms with Gasteiger partial charge in [-0.15, -0.1) is 10.2 Å². The van der Waals surface area contributed by atoms with Crippen molar-refractivity contribution in [3.63, 3.8) is 0 Å². The quantitative estimate of drug-likeness (QED) is 0.903. The predicted molar refractivity (Wildman–Crippen MR) is 71.2 cm³/mol. The van der Waals surface area contributed by atoms with Crippen molar-refractivity contribution in [3.05, 3.63) is 45.7 Å². The summed E-state index contributed by atoms with van der Waals surface area (Å²) in [4.78, 5) is 0. The van der Waals surface area contributed by atoms with Gasteiger partial charge in [-0.25, -0.2) is 4.39 Å². The van der Waals surface area contributed by atoms with Gasteiger partial charge in [-0.3, -0.25) is 0 Å². The fourth-order valence-electron chi connectivity index (χ4n) is 1.76. The summed E-state index contributed by atoms with van der Waals surface area (Å²) in [5.74, 6) is -0.210. The number of aromatic nitrogens is 2. The van der Waals surface area contributed by atoms with E-state index in [1.54, 1.807) is 23.5 Å². The zero-order valence-corrected chi connectivity index (χ0v) is 11.3. The molecule has 0 aliphatic rings. The molecule has 0 bridgehead atoms. The van der Waals surface area contributed by atoms with E-state index >= 15 is 0 Å². The van der Waals surface area contributed by atoms with Crippen molar-refractivity contribution < 1.29 is 4.39 Å². The average molecular weight is 265 g/mol.